The Labute approximate surface area is 187 Å². The van der Waals surface area contributed by atoms with E-state index in [1.165, 1.54) is 0 Å². The van der Waals surface area contributed by atoms with Gasteiger partial charge in [-0.1, -0.05) is 0 Å². The molecular weight excluding hydrogens is 500 g/mol. The Bertz CT molecular complexity index is 642. The highest BCUT2D eigenvalue weighted by Crippen LogP contribution is 2.49. The summed E-state index contributed by atoms with van der Waals surface area (Å²) >= 11 is 0. The van der Waals surface area contributed by atoms with Gasteiger partial charge in [-0.2, -0.15) is 8.78 Å². The lowest BCUT2D eigenvalue weighted by molar-refractivity contribution is -0.366. The molecule has 6 unspecified atom stereocenters. The van der Waals surface area contributed by atoms with Crippen LogP contribution in [0.1, 0.15) is 38.5 Å². The van der Waals surface area contributed by atoms with E-state index in [2.05, 4.69) is 9.47 Å². The first kappa shape index (κ1) is 27.7. The van der Waals surface area contributed by atoms with Crippen LogP contribution in [-0.4, -0.2) is 67.9 Å². The van der Waals surface area contributed by atoms with E-state index in [-0.39, 0.29) is 0 Å². The van der Waals surface area contributed by atoms with Crippen molar-refractivity contribution in [3.63, 3.8) is 0 Å². The third-order valence-electron chi connectivity index (χ3n) is 6.85. The molecule has 0 aromatic carbocycles. The van der Waals surface area contributed by atoms with Crippen molar-refractivity contribution in [3.05, 3.63) is 0 Å². The van der Waals surface area contributed by atoms with Gasteiger partial charge in [-0.3, -0.25) is 4.74 Å². The fraction of sp³-hybridized carbons (Fsp3) is 1.00. The molecule has 3 aliphatic carbocycles. The maximum atomic E-state index is 14.7. The average Bonchev–Trinajstić information content (AvgIpc) is 2.62. The van der Waals surface area contributed by atoms with Gasteiger partial charge in [0, 0.05) is 31.6 Å². The summed E-state index contributed by atoms with van der Waals surface area (Å²) in [4.78, 5) is 0. The molecule has 3 fully saturated rings. The van der Waals surface area contributed by atoms with Crippen molar-refractivity contribution in [3.8, 4) is 0 Å². The average molecular weight is 524 g/mol. The molecule has 0 N–H and O–H groups in total. The van der Waals surface area contributed by atoms with Crippen LogP contribution in [0.3, 0.4) is 0 Å². The molecule has 3 saturated carbocycles. The summed E-state index contributed by atoms with van der Waals surface area (Å²) in [6.07, 6.45) is -36.5. The van der Waals surface area contributed by atoms with Crippen molar-refractivity contribution in [1.29, 1.82) is 0 Å². The van der Waals surface area contributed by atoms with Crippen molar-refractivity contribution in [2.75, 3.05) is 0 Å². The Hall–Kier alpha value is -0.920. The highest BCUT2D eigenvalue weighted by Gasteiger charge is 2.58. The summed E-state index contributed by atoms with van der Waals surface area (Å²) in [5.74, 6) is -5.66. The first-order valence-electron chi connectivity index (χ1n) is 10.9. The number of hydrogen-bond donors (Lipinski definition) is 0. The Balaban J connectivity index is 1.63. The van der Waals surface area contributed by atoms with Crippen molar-refractivity contribution in [1.82, 2.24) is 0 Å². The Morgan fingerprint density at radius 2 is 1.00 bits per heavy atom. The number of rotatable bonds is 5. The molecule has 0 saturated heterocycles. The van der Waals surface area contributed by atoms with Crippen molar-refractivity contribution in [2.45, 2.75) is 106 Å². The van der Waals surface area contributed by atoms with Crippen LogP contribution >= 0.6 is 0 Å². The molecule has 0 amide bonds. The van der Waals surface area contributed by atoms with Gasteiger partial charge in [0.15, 0.2) is 0 Å². The Kier molecular flexibility index (Phi) is 8.31. The molecule has 0 spiro atoms. The third-order valence-corrected chi connectivity index (χ3v) is 6.85. The largest absolute Gasteiger partial charge is 0.522 e. The molecule has 6 atom stereocenters. The van der Waals surface area contributed by atoms with Crippen LogP contribution in [0, 0.1) is 17.8 Å². The topological polar surface area (TPSA) is 18.5 Å². The molecule has 0 aromatic heterocycles. The van der Waals surface area contributed by atoms with Crippen LogP contribution in [0.25, 0.3) is 0 Å². The quantitative estimate of drug-likeness (QED) is 0.384. The normalized spacial score (nSPS) is 46.9. The van der Waals surface area contributed by atoms with E-state index in [1.54, 1.807) is 0 Å². The molecule has 2 nitrogen and oxygen atoms in total. The second-order valence-electron chi connectivity index (χ2n) is 9.30. The van der Waals surface area contributed by atoms with Gasteiger partial charge in [-0.15, -0.1) is 13.2 Å². The maximum Gasteiger partial charge on any atom is 0.522 e. The van der Waals surface area contributed by atoms with Crippen LogP contribution in [0.4, 0.5) is 52.7 Å². The smallest absolute Gasteiger partial charge is 0.317 e. The van der Waals surface area contributed by atoms with E-state index >= 15 is 0 Å². The summed E-state index contributed by atoms with van der Waals surface area (Å²) in [5.41, 5.74) is 0. The fourth-order valence-corrected chi connectivity index (χ4v) is 5.44. The van der Waals surface area contributed by atoms with Gasteiger partial charge in [0.25, 0.3) is 0 Å². The van der Waals surface area contributed by atoms with Crippen molar-refractivity contribution in [2.24, 2.45) is 17.8 Å². The zero-order valence-corrected chi connectivity index (χ0v) is 17.5. The first-order valence-corrected chi connectivity index (χ1v) is 10.9. The Morgan fingerprint density at radius 1 is 0.529 bits per heavy atom. The highest BCUT2D eigenvalue weighted by atomic mass is 19.4. The van der Waals surface area contributed by atoms with Crippen LogP contribution < -0.4 is 0 Å². The maximum absolute atomic E-state index is 14.7. The zero-order chi connectivity index (χ0) is 25.6. The lowest BCUT2D eigenvalue weighted by Crippen LogP contribution is -2.54. The van der Waals surface area contributed by atoms with Gasteiger partial charge in [-0.05, 0) is 18.8 Å². The number of hydrogen-bond acceptors (Lipinski definition) is 2. The first-order chi connectivity index (χ1) is 15.6. The zero-order valence-electron chi connectivity index (χ0n) is 17.5. The minimum atomic E-state index is -5.38. The molecule has 0 radical (unpaired) electrons. The lowest BCUT2D eigenvalue weighted by atomic mass is 9.67. The van der Waals surface area contributed by atoms with Gasteiger partial charge < -0.3 is 4.74 Å². The van der Waals surface area contributed by atoms with Crippen molar-refractivity contribution < 1.29 is 62.2 Å². The third kappa shape index (κ3) is 6.25. The molecule has 0 bridgehead atoms. The molecule has 3 aliphatic rings. The summed E-state index contributed by atoms with van der Waals surface area (Å²) in [6, 6.07) is 0. The van der Waals surface area contributed by atoms with Gasteiger partial charge in [0.05, 0.1) is 6.10 Å². The number of halogens is 12. The SMILES string of the molecule is FC1CC(F)C(C2CC(F)C(C(F)(F)OC3CC(F)C(OC(F)(F)F)C(F)C3)C(F)C2)C(F)C1. The van der Waals surface area contributed by atoms with Gasteiger partial charge in [-0.25, -0.2) is 30.7 Å². The van der Waals surface area contributed by atoms with Crippen LogP contribution in [0.15, 0.2) is 0 Å². The molecule has 0 aromatic rings. The summed E-state index contributed by atoms with van der Waals surface area (Å²) in [5, 5.41) is 0. The lowest BCUT2D eigenvalue weighted by Gasteiger charge is -2.44. The minimum absolute atomic E-state index is 0.673. The second kappa shape index (κ2) is 10.2. The number of ether oxygens (including phenoxy) is 2. The fourth-order valence-electron chi connectivity index (χ4n) is 5.44. The highest BCUT2D eigenvalue weighted by molar-refractivity contribution is 4.99. The predicted octanol–water partition coefficient (Wildman–Crippen LogP) is 6.47. The van der Waals surface area contributed by atoms with Gasteiger partial charge in [0.2, 0.25) is 0 Å². The summed E-state index contributed by atoms with van der Waals surface area (Å²) < 4.78 is 173. The summed E-state index contributed by atoms with van der Waals surface area (Å²) in [6.45, 7) is 0. The van der Waals surface area contributed by atoms with E-state index in [1.807, 2.05) is 0 Å². The minimum Gasteiger partial charge on any atom is -0.317 e. The van der Waals surface area contributed by atoms with Crippen LogP contribution in [0.2, 0.25) is 0 Å². The molecule has 0 heterocycles. The van der Waals surface area contributed by atoms with E-state index in [0.29, 0.717) is 0 Å². The van der Waals surface area contributed by atoms with Crippen molar-refractivity contribution >= 4 is 0 Å². The predicted molar refractivity (Wildman–Crippen MR) is 93.2 cm³/mol. The van der Waals surface area contributed by atoms with E-state index in [0.717, 1.165) is 0 Å². The van der Waals surface area contributed by atoms with Gasteiger partial charge >= 0.3 is 12.5 Å². The molecule has 14 heteroatoms. The molecular formula is C20H24F12O2. The Morgan fingerprint density at radius 3 is 1.44 bits per heavy atom. The molecule has 3 rings (SSSR count). The summed E-state index contributed by atoms with van der Waals surface area (Å²) in [7, 11) is 0. The number of alkyl halides is 12. The monoisotopic (exact) mass is 524 g/mol. The second-order valence-corrected chi connectivity index (χ2v) is 9.30. The van der Waals surface area contributed by atoms with E-state index in [4.69, 9.17) is 0 Å². The van der Waals surface area contributed by atoms with Crippen LogP contribution in [-0.2, 0) is 9.47 Å². The molecule has 34 heavy (non-hydrogen) atoms. The molecule has 0 aliphatic heterocycles. The van der Waals surface area contributed by atoms with E-state index in [9.17, 15) is 52.7 Å². The standard InChI is InChI=1S/C20H24F12O2/c21-8-3-10(22)16(11(23)4-8)7-1-12(24)17(13(25)2-7)19(28,29)33-9-5-14(26)18(15(27)6-9)34-20(30,31)32/h7-18H,1-6H2. The van der Waals surface area contributed by atoms with Crippen LogP contribution in [0.5, 0.6) is 0 Å². The van der Waals surface area contributed by atoms with Gasteiger partial charge in [0.1, 0.15) is 55.2 Å². The van der Waals surface area contributed by atoms with E-state index < -0.39 is 124 Å². The molecule has 200 valence electrons.